The summed E-state index contributed by atoms with van der Waals surface area (Å²) in [5, 5.41) is 4.15. The highest BCUT2D eigenvalue weighted by Gasteiger charge is 2.20. The van der Waals surface area contributed by atoms with Crippen LogP contribution in [-0.4, -0.2) is 46.2 Å². The minimum absolute atomic E-state index is 0.213. The molecule has 0 spiro atoms. The molecule has 1 atom stereocenters. The quantitative estimate of drug-likeness (QED) is 0.225. The third kappa shape index (κ3) is 8.39. The molecule has 31 heavy (non-hydrogen) atoms. The number of rotatable bonds is 11. The molecule has 0 bridgehead atoms. The Morgan fingerprint density at radius 3 is 2.42 bits per heavy atom. The fourth-order valence-electron chi connectivity index (χ4n) is 2.75. The standard InChI is InChI=1S/C22H27NO7S/c1-5-28-21(22(24)27-3)14-18-7-6-8-19(13-18)16(2)23-29-15-17-9-11-20(12-10-17)30-31(4,25)26/h6-13,21H,5,14-15H2,1-4H3/b23-16+/t21-/m0/s1. The van der Waals surface area contributed by atoms with Gasteiger partial charge in [-0.1, -0.05) is 35.5 Å². The van der Waals surface area contributed by atoms with Crippen LogP contribution >= 0.6 is 0 Å². The first-order valence-corrected chi connectivity index (χ1v) is 11.5. The number of hydrogen-bond donors (Lipinski definition) is 0. The number of nitrogens with zero attached hydrogens (tertiary/aromatic N) is 1. The molecule has 168 valence electrons. The maximum Gasteiger partial charge on any atom is 0.335 e. The van der Waals surface area contributed by atoms with E-state index in [9.17, 15) is 13.2 Å². The second-order valence-electron chi connectivity index (χ2n) is 6.75. The Balaban J connectivity index is 1.99. The lowest BCUT2D eigenvalue weighted by atomic mass is 10.0. The number of oxime groups is 1. The predicted octanol–water partition coefficient (Wildman–Crippen LogP) is 3.09. The van der Waals surface area contributed by atoms with Crippen molar-refractivity contribution in [3.05, 3.63) is 65.2 Å². The first-order chi connectivity index (χ1) is 14.7. The van der Waals surface area contributed by atoms with Crippen molar-refractivity contribution in [2.24, 2.45) is 5.16 Å². The minimum Gasteiger partial charge on any atom is -0.467 e. The Bertz CT molecular complexity index is 1000. The van der Waals surface area contributed by atoms with Crippen LogP contribution in [-0.2, 0) is 42.3 Å². The van der Waals surface area contributed by atoms with Crippen molar-refractivity contribution in [1.29, 1.82) is 0 Å². The van der Waals surface area contributed by atoms with Gasteiger partial charge in [0.1, 0.15) is 12.4 Å². The minimum atomic E-state index is -3.56. The largest absolute Gasteiger partial charge is 0.467 e. The number of benzene rings is 2. The Morgan fingerprint density at radius 2 is 1.81 bits per heavy atom. The van der Waals surface area contributed by atoms with Crippen LogP contribution in [0, 0.1) is 0 Å². The predicted molar refractivity (Wildman–Crippen MR) is 116 cm³/mol. The van der Waals surface area contributed by atoms with Crippen molar-refractivity contribution in [1.82, 2.24) is 0 Å². The highest BCUT2D eigenvalue weighted by atomic mass is 32.2. The summed E-state index contributed by atoms with van der Waals surface area (Å²) in [6, 6.07) is 14.1. The monoisotopic (exact) mass is 449 g/mol. The maximum absolute atomic E-state index is 11.9. The molecule has 0 radical (unpaired) electrons. The molecule has 0 saturated carbocycles. The zero-order valence-electron chi connectivity index (χ0n) is 18.0. The van der Waals surface area contributed by atoms with Gasteiger partial charge in [-0.2, -0.15) is 8.42 Å². The van der Waals surface area contributed by atoms with Crippen molar-refractivity contribution in [2.45, 2.75) is 33.0 Å². The molecular formula is C22H27NO7S. The lowest BCUT2D eigenvalue weighted by molar-refractivity contribution is -0.153. The molecule has 0 unspecified atom stereocenters. The van der Waals surface area contributed by atoms with Crippen LogP contribution in [0.2, 0.25) is 0 Å². The molecule has 0 N–H and O–H groups in total. The SMILES string of the molecule is CCO[C@@H](Cc1cccc(/C(C)=N/OCc2ccc(OS(C)(=O)=O)cc2)c1)C(=O)OC. The summed E-state index contributed by atoms with van der Waals surface area (Å²) < 4.78 is 37.3. The van der Waals surface area contributed by atoms with E-state index >= 15 is 0 Å². The van der Waals surface area contributed by atoms with Gasteiger partial charge in [0, 0.05) is 13.0 Å². The fourth-order valence-corrected chi connectivity index (χ4v) is 3.21. The van der Waals surface area contributed by atoms with Crippen molar-refractivity contribution in [3.8, 4) is 5.75 Å². The molecule has 0 aliphatic carbocycles. The van der Waals surface area contributed by atoms with Crippen molar-refractivity contribution in [3.63, 3.8) is 0 Å². The summed E-state index contributed by atoms with van der Waals surface area (Å²) in [5.41, 5.74) is 3.25. The molecule has 0 amide bonds. The molecule has 2 aromatic rings. The third-order valence-electron chi connectivity index (χ3n) is 4.20. The van der Waals surface area contributed by atoms with E-state index in [1.165, 1.54) is 7.11 Å². The van der Waals surface area contributed by atoms with Crippen molar-refractivity contribution in [2.75, 3.05) is 20.0 Å². The van der Waals surface area contributed by atoms with Crippen LogP contribution in [0.15, 0.2) is 53.7 Å². The van der Waals surface area contributed by atoms with Crippen LogP contribution < -0.4 is 4.18 Å². The average molecular weight is 450 g/mol. The van der Waals surface area contributed by atoms with E-state index in [0.717, 1.165) is 22.9 Å². The Morgan fingerprint density at radius 1 is 1.10 bits per heavy atom. The zero-order chi connectivity index (χ0) is 22.9. The van der Waals surface area contributed by atoms with E-state index in [0.29, 0.717) is 18.7 Å². The molecule has 2 aromatic carbocycles. The van der Waals surface area contributed by atoms with Gasteiger partial charge in [-0.05, 0) is 48.7 Å². The van der Waals surface area contributed by atoms with Gasteiger partial charge in [-0.25, -0.2) is 4.79 Å². The maximum atomic E-state index is 11.9. The van der Waals surface area contributed by atoms with E-state index in [1.807, 2.05) is 38.1 Å². The molecular weight excluding hydrogens is 422 g/mol. The van der Waals surface area contributed by atoms with Gasteiger partial charge in [0.05, 0.1) is 19.1 Å². The number of ether oxygens (including phenoxy) is 2. The van der Waals surface area contributed by atoms with E-state index in [-0.39, 0.29) is 12.4 Å². The first kappa shape index (κ1) is 24.4. The van der Waals surface area contributed by atoms with Crippen LogP contribution in [0.5, 0.6) is 5.75 Å². The summed E-state index contributed by atoms with van der Waals surface area (Å²) in [6.45, 7) is 4.27. The molecule has 0 heterocycles. The van der Waals surface area contributed by atoms with Gasteiger partial charge in [-0.3, -0.25) is 0 Å². The van der Waals surface area contributed by atoms with Crippen molar-refractivity contribution < 1.29 is 31.7 Å². The van der Waals surface area contributed by atoms with Gasteiger partial charge in [0.15, 0.2) is 6.10 Å². The molecule has 0 saturated heterocycles. The highest BCUT2D eigenvalue weighted by molar-refractivity contribution is 7.86. The lowest BCUT2D eigenvalue weighted by Gasteiger charge is -2.15. The normalized spacial score (nSPS) is 12.8. The summed E-state index contributed by atoms with van der Waals surface area (Å²) in [6.07, 6.45) is 0.723. The Kier molecular flexibility index (Phi) is 9.02. The Hall–Kier alpha value is -2.91. The van der Waals surface area contributed by atoms with E-state index < -0.39 is 22.2 Å². The number of methoxy groups -OCH3 is 1. The smallest absolute Gasteiger partial charge is 0.335 e. The number of carbonyl (C=O) groups excluding carboxylic acids is 1. The van der Waals surface area contributed by atoms with Crippen LogP contribution in [0.25, 0.3) is 0 Å². The van der Waals surface area contributed by atoms with Gasteiger partial charge in [0.25, 0.3) is 0 Å². The summed E-state index contributed by atoms with van der Waals surface area (Å²) in [5.74, 6) is -0.172. The highest BCUT2D eigenvalue weighted by Crippen LogP contribution is 2.15. The fraction of sp³-hybridized carbons (Fsp3) is 0.364. The first-order valence-electron chi connectivity index (χ1n) is 9.65. The summed E-state index contributed by atoms with van der Waals surface area (Å²) >= 11 is 0. The molecule has 2 rings (SSSR count). The molecule has 0 fully saturated rings. The van der Waals surface area contributed by atoms with Gasteiger partial charge in [0.2, 0.25) is 0 Å². The molecule has 8 nitrogen and oxygen atoms in total. The molecule has 0 aromatic heterocycles. The second kappa shape index (κ2) is 11.5. The Labute approximate surface area is 182 Å². The number of hydrogen-bond acceptors (Lipinski definition) is 8. The molecule has 9 heteroatoms. The zero-order valence-corrected chi connectivity index (χ0v) is 18.8. The van der Waals surface area contributed by atoms with Crippen LogP contribution in [0.3, 0.4) is 0 Å². The number of carbonyl (C=O) groups is 1. The summed E-state index contributed by atoms with van der Waals surface area (Å²) in [4.78, 5) is 17.3. The van der Waals surface area contributed by atoms with Gasteiger partial charge in [-0.15, -0.1) is 0 Å². The lowest BCUT2D eigenvalue weighted by Crippen LogP contribution is -2.28. The van der Waals surface area contributed by atoms with Crippen molar-refractivity contribution >= 4 is 21.8 Å². The summed E-state index contributed by atoms with van der Waals surface area (Å²) in [7, 11) is -2.22. The van der Waals surface area contributed by atoms with E-state index in [4.69, 9.17) is 18.5 Å². The molecule has 0 aliphatic heterocycles. The van der Waals surface area contributed by atoms with Crippen LogP contribution in [0.1, 0.15) is 30.5 Å². The van der Waals surface area contributed by atoms with E-state index in [1.54, 1.807) is 24.3 Å². The van der Waals surface area contributed by atoms with Gasteiger partial charge < -0.3 is 18.5 Å². The van der Waals surface area contributed by atoms with E-state index in [2.05, 4.69) is 5.16 Å². The third-order valence-corrected chi connectivity index (χ3v) is 4.70. The second-order valence-corrected chi connectivity index (χ2v) is 8.33. The topological polar surface area (TPSA) is 100 Å². The average Bonchev–Trinajstić information content (AvgIpc) is 2.73. The van der Waals surface area contributed by atoms with Crippen LogP contribution in [0.4, 0.5) is 0 Å². The molecule has 0 aliphatic rings. The number of esters is 1. The van der Waals surface area contributed by atoms with Gasteiger partial charge >= 0.3 is 16.1 Å².